The van der Waals surface area contributed by atoms with Gasteiger partial charge < -0.3 is 4.84 Å². The fraction of sp³-hybridized carbons (Fsp3) is 0.200. The number of rotatable bonds is 4. The molecule has 2 aromatic carbocycles. The highest BCUT2D eigenvalue weighted by atomic mass is 35.5. The van der Waals surface area contributed by atoms with Crippen LogP contribution in [-0.4, -0.2) is 33.7 Å². The second-order valence-electron chi connectivity index (χ2n) is 8.36. The van der Waals surface area contributed by atoms with Crippen molar-refractivity contribution in [3.63, 3.8) is 0 Å². The van der Waals surface area contributed by atoms with Gasteiger partial charge in [-0.3, -0.25) is 9.59 Å². The topological polar surface area (TPSA) is 109 Å². The van der Waals surface area contributed by atoms with Gasteiger partial charge >= 0.3 is 6.18 Å². The minimum Gasteiger partial charge on any atom is -0.374 e. The van der Waals surface area contributed by atoms with E-state index in [1.165, 1.54) is 36.7 Å². The van der Waals surface area contributed by atoms with E-state index < -0.39 is 30.0 Å². The Labute approximate surface area is 224 Å². The Kier molecular flexibility index (Phi) is 7.14. The number of aryl methyl sites for hydroxylation is 1. The number of nitrogens with zero attached hydrogens (tertiary/aromatic N) is 5. The van der Waals surface area contributed by atoms with Crippen molar-refractivity contribution < 1.29 is 27.6 Å². The molecule has 0 N–H and O–H groups in total. The molecular weight excluding hydrogens is 546 g/mol. The predicted octanol–water partition coefficient (Wildman–Crippen LogP) is 5.74. The molecule has 0 aliphatic carbocycles. The summed E-state index contributed by atoms with van der Waals surface area (Å²) in [7, 11) is 0. The molecule has 8 nitrogen and oxygen atoms in total. The van der Waals surface area contributed by atoms with Crippen molar-refractivity contribution in [2.75, 3.05) is 4.90 Å². The SMILES string of the molecule is CC(=O)N(C(=O)c1ccc(C2=NOC(c3cc(Cl)cc(Cl)c3)(C(F)(F)F)C2)cc1C)c1ncc(C#N)cn1. The zero-order chi connectivity index (χ0) is 27.8. The Hall–Kier alpha value is -4.01. The third-order valence-corrected chi connectivity index (χ3v) is 6.23. The Morgan fingerprint density at radius 3 is 2.26 bits per heavy atom. The van der Waals surface area contributed by atoms with E-state index >= 15 is 0 Å². The fourth-order valence-corrected chi connectivity index (χ4v) is 4.44. The minimum atomic E-state index is -4.86. The van der Waals surface area contributed by atoms with Crippen molar-refractivity contribution in [1.82, 2.24) is 9.97 Å². The van der Waals surface area contributed by atoms with E-state index in [0.717, 1.165) is 24.0 Å². The maximum absolute atomic E-state index is 14.3. The van der Waals surface area contributed by atoms with E-state index in [4.69, 9.17) is 33.3 Å². The van der Waals surface area contributed by atoms with E-state index in [1.807, 2.05) is 6.07 Å². The van der Waals surface area contributed by atoms with Crippen LogP contribution in [0.25, 0.3) is 0 Å². The molecule has 1 aromatic heterocycles. The van der Waals surface area contributed by atoms with E-state index in [0.29, 0.717) is 5.56 Å². The Bertz CT molecular complexity index is 1500. The van der Waals surface area contributed by atoms with Gasteiger partial charge in [0.25, 0.3) is 11.5 Å². The number of halogens is 5. The van der Waals surface area contributed by atoms with Crippen molar-refractivity contribution in [2.24, 2.45) is 5.16 Å². The molecule has 2 heterocycles. The Balaban J connectivity index is 1.65. The quantitative estimate of drug-likeness (QED) is 0.402. The average Bonchev–Trinajstić information content (AvgIpc) is 3.31. The number of aromatic nitrogens is 2. The third kappa shape index (κ3) is 4.92. The van der Waals surface area contributed by atoms with Crippen LogP contribution in [0.3, 0.4) is 0 Å². The standard InChI is InChI=1S/C25H16Cl2F3N5O3/c1-13-5-16(3-4-20(13)22(37)35(14(2)36)23-32-11-15(10-31)12-33-23)21-9-24(38-34-21,25(28,29)30)17-6-18(26)8-19(27)7-17/h3-8,11-12H,9H2,1-2H3. The molecule has 0 saturated carbocycles. The highest BCUT2D eigenvalue weighted by Gasteiger charge is 2.62. The first-order valence-corrected chi connectivity index (χ1v) is 11.6. The maximum atomic E-state index is 14.3. The lowest BCUT2D eigenvalue weighted by atomic mass is 9.86. The lowest BCUT2D eigenvalue weighted by Crippen LogP contribution is -2.42. The van der Waals surface area contributed by atoms with E-state index in [-0.39, 0.29) is 44.0 Å². The summed E-state index contributed by atoms with van der Waals surface area (Å²) in [5, 5.41) is 12.6. The summed E-state index contributed by atoms with van der Waals surface area (Å²) in [5.74, 6) is -1.66. The molecule has 1 aliphatic rings. The smallest absolute Gasteiger partial charge is 0.374 e. The van der Waals surface area contributed by atoms with Gasteiger partial charge in [-0.25, -0.2) is 14.9 Å². The van der Waals surface area contributed by atoms with Crippen LogP contribution in [0.1, 0.15) is 46.0 Å². The predicted molar refractivity (Wildman–Crippen MR) is 132 cm³/mol. The maximum Gasteiger partial charge on any atom is 0.435 e. The number of carbonyl (C=O) groups excluding carboxylic acids is 2. The number of amides is 2. The lowest BCUT2D eigenvalue weighted by Gasteiger charge is -2.29. The van der Waals surface area contributed by atoms with E-state index in [2.05, 4.69) is 15.1 Å². The van der Waals surface area contributed by atoms with Gasteiger partial charge in [-0.05, 0) is 48.4 Å². The van der Waals surface area contributed by atoms with Gasteiger partial charge in [-0.2, -0.15) is 18.4 Å². The molecule has 194 valence electrons. The summed E-state index contributed by atoms with van der Waals surface area (Å²) < 4.78 is 42.8. The lowest BCUT2D eigenvalue weighted by molar-refractivity contribution is -0.275. The average molecular weight is 562 g/mol. The summed E-state index contributed by atoms with van der Waals surface area (Å²) in [6.07, 6.45) is -3.20. The second-order valence-corrected chi connectivity index (χ2v) is 9.23. The molecule has 38 heavy (non-hydrogen) atoms. The molecule has 1 aliphatic heterocycles. The highest BCUT2D eigenvalue weighted by molar-refractivity contribution is 6.34. The molecule has 1 atom stereocenters. The number of benzene rings is 2. The van der Waals surface area contributed by atoms with Gasteiger partial charge in [0.1, 0.15) is 6.07 Å². The number of carbonyl (C=O) groups is 2. The van der Waals surface area contributed by atoms with E-state index in [9.17, 15) is 22.8 Å². The van der Waals surface area contributed by atoms with Crippen LogP contribution in [-0.2, 0) is 15.2 Å². The summed E-state index contributed by atoms with van der Waals surface area (Å²) in [4.78, 5) is 39.0. The Morgan fingerprint density at radius 2 is 1.74 bits per heavy atom. The number of anilines is 1. The summed E-state index contributed by atoms with van der Waals surface area (Å²) in [6, 6.07) is 9.60. The number of alkyl halides is 3. The minimum absolute atomic E-state index is 0.00755. The van der Waals surface area contributed by atoms with Crippen LogP contribution < -0.4 is 4.90 Å². The second kappa shape index (κ2) is 10.0. The zero-order valence-electron chi connectivity index (χ0n) is 19.7. The highest BCUT2D eigenvalue weighted by Crippen LogP contribution is 2.49. The monoisotopic (exact) mass is 561 g/mol. The normalized spacial score (nSPS) is 16.8. The largest absolute Gasteiger partial charge is 0.435 e. The molecule has 0 radical (unpaired) electrons. The molecule has 4 rings (SSSR count). The number of oxime groups is 1. The summed E-state index contributed by atoms with van der Waals surface area (Å²) in [6.45, 7) is 2.70. The molecule has 3 aromatic rings. The molecule has 2 amide bonds. The number of hydrogen-bond donors (Lipinski definition) is 0. The molecule has 13 heteroatoms. The molecule has 0 saturated heterocycles. The molecule has 0 fully saturated rings. The van der Waals surface area contributed by atoms with Crippen LogP contribution in [0.4, 0.5) is 19.1 Å². The van der Waals surface area contributed by atoms with Gasteiger partial charge in [-0.1, -0.05) is 34.4 Å². The van der Waals surface area contributed by atoms with Gasteiger partial charge in [0.2, 0.25) is 11.9 Å². The van der Waals surface area contributed by atoms with Crippen LogP contribution in [0.15, 0.2) is 53.9 Å². The van der Waals surface area contributed by atoms with Crippen LogP contribution >= 0.6 is 23.2 Å². The number of imide groups is 1. The van der Waals surface area contributed by atoms with Gasteiger partial charge in [-0.15, -0.1) is 0 Å². The van der Waals surface area contributed by atoms with Crippen molar-refractivity contribution in [2.45, 2.75) is 32.0 Å². The van der Waals surface area contributed by atoms with Crippen molar-refractivity contribution >= 4 is 46.7 Å². The van der Waals surface area contributed by atoms with E-state index in [1.54, 1.807) is 6.92 Å². The van der Waals surface area contributed by atoms with Crippen molar-refractivity contribution in [3.8, 4) is 6.07 Å². The molecule has 0 bridgehead atoms. The number of hydrogen-bond acceptors (Lipinski definition) is 7. The Morgan fingerprint density at radius 1 is 1.11 bits per heavy atom. The van der Waals surface area contributed by atoms with Gasteiger partial charge in [0, 0.05) is 34.5 Å². The van der Waals surface area contributed by atoms with Crippen LogP contribution in [0, 0.1) is 18.3 Å². The summed E-state index contributed by atoms with van der Waals surface area (Å²) in [5.41, 5.74) is -2.27. The van der Waals surface area contributed by atoms with Gasteiger partial charge in [0.05, 0.1) is 23.7 Å². The van der Waals surface area contributed by atoms with Gasteiger partial charge in [0.15, 0.2) is 0 Å². The fourth-order valence-electron chi connectivity index (χ4n) is 3.92. The zero-order valence-corrected chi connectivity index (χ0v) is 21.2. The first-order valence-electron chi connectivity index (χ1n) is 10.8. The third-order valence-electron chi connectivity index (χ3n) is 5.79. The van der Waals surface area contributed by atoms with Crippen molar-refractivity contribution in [1.29, 1.82) is 5.26 Å². The number of nitriles is 1. The molecule has 1 unspecified atom stereocenters. The van der Waals surface area contributed by atoms with Crippen LogP contribution in [0.2, 0.25) is 10.0 Å². The molecular formula is C25H16Cl2F3N5O3. The van der Waals surface area contributed by atoms with Crippen molar-refractivity contribution in [3.05, 3.63) is 86.7 Å². The molecule has 0 spiro atoms. The van der Waals surface area contributed by atoms with Crippen LogP contribution in [0.5, 0.6) is 0 Å². The summed E-state index contributed by atoms with van der Waals surface area (Å²) >= 11 is 11.9. The first kappa shape index (κ1) is 27.0. The first-order chi connectivity index (χ1) is 17.9.